The quantitative estimate of drug-likeness (QED) is 0.831. The summed E-state index contributed by atoms with van der Waals surface area (Å²) < 4.78 is 7.68. The first kappa shape index (κ1) is 15.3. The van der Waals surface area contributed by atoms with E-state index >= 15 is 0 Å². The lowest BCUT2D eigenvalue weighted by Crippen LogP contribution is -2.40. The smallest absolute Gasteiger partial charge is 0.272 e. The van der Waals surface area contributed by atoms with Crippen LogP contribution in [-0.2, 0) is 17.8 Å². The number of aromatic nitrogens is 4. The molecule has 0 radical (unpaired) electrons. The topological polar surface area (TPSA) is 73.1 Å². The molecule has 126 valence electrons. The highest BCUT2D eigenvalue weighted by atomic mass is 16.5. The first-order chi connectivity index (χ1) is 11.8. The van der Waals surface area contributed by atoms with Crippen LogP contribution in [0.2, 0.25) is 0 Å². The van der Waals surface area contributed by atoms with Gasteiger partial charge in [0.2, 0.25) is 0 Å². The summed E-state index contributed by atoms with van der Waals surface area (Å²) in [5.74, 6) is 0.846. The Morgan fingerprint density at radius 3 is 2.96 bits per heavy atom. The monoisotopic (exact) mass is 327 g/mol. The summed E-state index contributed by atoms with van der Waals surface area (Å²) in [6.07, 6.45) is 7.52. The normalized spacial score (nSPS) is 20.0. The van der Waals surface area contributed by atoms with Crippen LogP contribution in [-0.4, -0.2) is 50.6 Å². The predicted octanol–water partition coefficient (Wildman–Crippen LogP) is 1.47. The van der Waals surface area contributed by atoms with Gasteiger partial charge in [0, 0.05) is 38.0 Å². The highest BCUT2D eigenvalue weighted by Gasteiger charge is 2.34. The van der Waals surface area contributed by atoms with Crippen molar-refractivity contribution in [2.75, 3.05) is 20.3 Å². The molecule has 0 bridgehead atoms. The van der Waals surface area contributed by atoms with Crippen molar-refractivity contribution in [2.24, 2.45) is 5.92 Å². The number of nitrogens with zero attached hydrogens (tertiary/aromatic N) is 5. The average Bonchev–Trinajstić information content (AvgIpc) is 3.34. The molecular formula is C17H21N5O2. The molecule has 7 nitrogen and oxygen atoms in total. The van der Waals surface area contributed by atoms with Crippen molar-refractivity contribution in [1.82, 2.24) is 24.4 Å². The second kappa shape index (κ2) is 6.32. The Balaban J connectivity index is 1.60. The number of carbonyl (C=O) groups excluding carboxylic acids is 1. The van der Waals surface area contributed by atoms with Crippen molar-refractivity contribution < 1.29 is 9.53 Å². The van der Waals surface area contributed by atoms with Gasteiger partial charge < -0.3 is 14.2 Å². The van der Waals surface area contributed by atoms with E-state index in [9.17, 15) is 4.79 Å². The SMILES string of the molecule is COC[C@@H]1CN(C(=O)c2ccncn2)Cc2ncn(CC3CC3)c21. The van der Waals surface area contributed by atoms with E-state index < -0.39 is 0 Å². The summed E-state index contributed by atoms with van der Waals surface area (Å²) in [5, 5.41) is 0. The summed E-state index contributed by atoms with van der Waals surface area (Å²) in [6.45, 7) is 2.76. The predicted molar refractivity (Wildman–Crippen MR) is 86.3 cm³/mol. The van der Waals surface area contributed by atoms with Gasteiger partial charge in [-0.25, -0.2) is 15.0 Å². The number of fused-ring (bicyclic) bond motifs is 1. The highest BCUT2D eigenvalue weighted by molar-refractivity contribution is 5.92. The maximum absolute atomic E-state index is 12.7. The molecule has 4 rings (SSSR count). The van der Waals surface area contributed by atoms with Crippen molar-refractivity contribution in [3.05, 3.63) is 42.0 Å². The third kappa shape index (κ3) is 2.91. The number of hydrogen-bond acceptors (Lipinski definition) is 5. The van der Waals surface area contributed by atoms with Gasteiger partial charge in [0.05, 0.1) is 25.2 Å². The summed E-state index contributed by atoms with van der Waals surface area (Å²) >= 11 is 0. The minimum absolute atomic E-state index is 0.0825. The van der Waals surface area contributed by atoms with Crippen LogP contribution in [0.5, 0.6) is 0 Å². The summed E-state index contributed by atoms with van der Waals surface area (Å²) in [6, 6.07) is 1.65. The second-order valence-corrected chi connectivity index (χ2v) is 6.60. The molecule has 0 spiro atoms. The van der Waals surface area contributed by atoms with Crippen molar-refractivity contribution in [1.29, 1.82) is 0 Å². The van der Waals surface area contributed by atoms with Gasteiger partial charge in [-0.1, -0.05) is 0 Å². The van der Waals surface area contributed by atoms with Gasteiger partial charge in [-0.2, -0.15) is 0 Å². The Labute approximate surface area is 140 Å². The largest absolute Gasteiger partial charge is 0.384 e. The molecule has 1 aliphatic carbocycles. The number of amides is 1. The van der Waals surface area contributed by atoms with Crippen LogP contribution in [0, 0.1) is 5.92 Å². The van der Waals surface area contributed by atoms with Crippen LogP contribution < -0.4 is 0 Å². The van der Waals surface area contributed by atoms with Crippen molar-refractivity contribution in [2.45, 2.75) is 31.8 Å². The van der Waals surface area contributed by atoms with Crippen molar-refractivity contribution in [3.63, 3.8) is 0 Å². The first-order valence-electron chi connectivity index (χ1n) is 8.34. The minimum Gasteiger partial charge on any atom is -0.384 e. The lowest BCUT2D eigenvalue weighted by Gasteiger charge is -2.32. The van der Waals surface area contributed by atoms with Crippen LogP contribution >= 0.6 is 0 Å². The summed E-state index contributed by atoms with van der Waals surface area (Å²) in [7, 11) is 1.70. The lowest BCUT2D eigenvalue weighted by atomic mass is 9.98. The molecule has 1 fully saturated rings. The molecule has 7 heteroatoms. The van der Waals surface area contributed by atoms with E-state index in [1.54, 1.807) is 19.4 Å². The molecule has 2 aromatic heterocycles. The number of rotatable bonds is 5. The first-order valence-corrected chi connectivity index (χ1v) is 8.34. The molecule has 1 amide bonds. The Hall–Kier alpha value is -2.28. The molecule has 1 atom stereocenters. The highest BCUT2D eigenvalue weighted by Crippen LogP contribution is 2.34. The maximum atomic E-state index is 12.7. The van der Waals surface area contributed by atoms with E-state index in [1.807, 2.05) is 11.2 Å². The molecule has 0 unspecified atom stereocenters. The molecule has 0 aromatic carbocycles. The van der Waals surface area contributed by atoms with Crippen LogP contribution in [0.15, 0.2) is 24.9 Å². The maximum Gasteiger partial charge on any atom is 0.272 e. The molecule has 0 saturated heterocycles. The van der Waals surface area contributed by atoms with E-state index in [1.165, 1.54) is 24.9 Å². The molecular weight excluding hydrogens is 306 g/mol. The second-order valence-electron chi connectivity index (χ2n) is 6.60. The lowest BCUT2D eigenvalue weighted by molar-refractivity contribution is 0.0666. The van der Waals surface area contributed by atoms with Crippen LogP contribution in [0.3, 0.4) is 0 Å². The van der Waals surface area contributed by atoms with Crippen LogP contribution in [0.1, 0.15) is 40.6 Å². The van der Waals surface area contributed by atoms with Crippen LogP contribution in [0.25, 0.3) is 0 Å². The standard InChI is InChI=1S/C17H21N5O2/c1-24-9-13-7-21(17(23)14-4-5-18-10-19-14)8-15-16(13)22(11-20-15)6-12-2-3-12/h4-5,10-13H,2-3,6-9H2,1H3/t13-/m0/s1. The number of ether oxygens (including phenoxy) is 1. The molecule has 3 heterocycles. The zero-order chi connectivity index (χ0) is 16.5. The van der Waals surface area contributed by atoms with Gasteiger partial charge in [0.1, 0.15) is 12.0 Å². The van der Waals surface area contributed by atoms with Gasteiger partial charge in [-0.05, 0) is 24.8 Å². The molecule has 24 heavy (non-hydrogen) atoms. The molecule has 1 aliphatic heterocycles. The Morgan fingerprint density at radius 2 is 2.25 bits per heavy atom. The molecule has 2 aromatic rings. The van der Waals surface area contributed by atoms with E-state index in [2.05, 4.69) is 19.5 Å². The van der Waals surface area contributed by atoms with Gasteiger partial charge >= 0.3 is 0 Å². The third-order valence-electron chi connectivity index (χ3n) is 4.73. The van der Waals surface area contributed by atoms with Gasteiger partial charge in [-0.15, -0.1) is 0 Å². The minimum atomic E-state index is -0.0825. The number of hydrogen-bond donors (Lipinski definition) is 0. The fourth-order valence-electron chi connectivity index (χ4n) is 3.41. The number of imidazole rings is 1. The fourth-order valence-corrected chi connectivity index (χ4v) is 3.41. The van der Waals surface area contributed by atoms with Crippen molar-refractivity contribution >= 4 is 5.91 Å². The van der Waals surface area contributed by atoms with Crippen LogP contribution in [0.4, 0.5) is 0 Å². The zero-order valence-electron chi connectivity index (χ0n) is 13.8. The van der Waals surface area contributed by atoms with Gasteiger partial charge in [0.25, 0.3) is 5.91 Å². The van der Waals surface area contributed by atoms with E-state index in [0.29, 0.717) is 25.4 Å². The van der Waals surface area contributed by atoms with E-state index in [0.717, 1.165) is 18.2 Å². The fraction of sp³-hybridized carbons (Fsp3) is 0.529. The Kier molecular flexibility index (Phi) is 4.02. The third-order valence-corrected chi connectivity index (χ3v) is 4.73. The van der Waals surface area contributed by atoms with Crippen molar-refractivity contribution in [3.8, 4) is 0 Å². The Morgan fingerprint density at radius 1 is 1.38 bits per heavy atom. The van der Waals surface area contributed by atoms with Gasteiger partial charge in [-0.3, -0.25) is 4.79 Å². The number of methoxy groups -OCH3 is 1. The molecule has 1 saturated carbocycles. The zero-order valence-corrected chi connectivity index (χ0v) is 13.8. The molecule has 0 N–H and O–H groups in total. The average molecular weight is 327 g/mol. The summed E-state index contributed by atoms with van der Waals surface area (Å²) in [4.78, 5) is 27.0. The van der Waals surface area contributed by atoms with E-state index in [4.69, 9.17) is 4.74 Å². The molecule has 2 aliphatic rings. The van der Waals surface area contributed by atoms with E-state index in [-0.39, 0.29) is 11.8 Å². The number of carbonyl (C=O) groups is 1. The van der Waals surface area contributed by atoms with Gasteiger partial charge in [0.15, 0.2) is 0 Å². The summed E-state index contributed by atoms with van der Waals surface area (Å²) in [5.41, 5.74) is 2.63. The Bertz CT molecular complexity index is 726.